The zero-order valence-electron chi connectivity index (χ0n) is 11.7. The van der Waals surface area contributed by atoms with Crippen LogP contribution in [0, 0.1) is 0 Å². The molecule has 5 nitrogen and oxygen atoms in total. The van der Waals surface area contributed by atoms with Gasteiger partial charge in [-0.05, 0) is 36.4 Å². The van der Waals surface area contributed by atoms with Gasteiger partial charge in [-0.2, -0.15) is 0 Å². The Morgan fingerprint density at radius 1 is 0.727 bits per heavy atom. The molecule has 0 spiro atoms. The molecule has 0 amide bonds. The minimum Gasteiger partial charge on any atom is -0.508 e. The van der Waals surface area contributed by atoms with Gasteiger partial charge in [-0.25, -0.2) is 0 Å². The van der Waals surface area contributed by atoms with Crippen LogP contribution in [0.1, 0.15) is 10.6 Å². The van der Waals surface area contributed by atoms with Crippen molar-refractivity contribution in [2.24, 2.45) is 0 Å². The number of hydrogen-bond acceptors (Lipinski definition) is 5. The van der Waals surface area contributed by atoms with Crippen LogP contribution < -0.4 is 0 Å². The van der Waals surface area contributed by atoms with E-state index in [1.54, 1.807) is 42.5 Å². The highest BCUT2D eigenvalue weighted by Crippen LogP contribution is 2.14. The first-order valence-corrected chi connectivity index (χ1v) is 6.32. The third-order valence-electron chi connectivity index (χ3n) is 2.25. The average Bonchev–Trinajstić information content (AvgIpc) is 3.02. The second-order valence-corrected chi connectivity index (χ2v) is 3.99. The Kier molecular flexibility index (Phi) is 7.39. The number of phenolic OH excluding ortho intramolecular Hbond substituents is 3. The highest BCUT2D eigenvalue weighted by Gasteiger charge is 1.85. The van der Waals surface area contributed by atoms with E-state index in [1.165, 1.54) is 24.5 Å². The smallest absolute Gasteiger partial charge is 0.185 e. The van der Waals surface area contributed by atoms with E-state index in [4.69, 9.17) is 15.3 Å². The Hall–Kier alpha value is -3.21. The minimum atomic E-state index is 0.0880. The fourth-order valence-electron chi connectivity index (χ4n) is 1.28. The van der Waals surface area contributed by atoms with Crippen LogP contribution in [0.2, 0.25) is 0 Å². The quantitative estimate of drug-likeness (QED) is 0.597. The van der Waals surface area contributed by atoms with Crippen molar-refractivity contribution >= 4 is 6.29 Å². The first-order valence-electron chi connectivity index (χ1n) is 6.32. The van der Waals surface area contributed by atoms with Gasteiger partial charge in [-0.1, -0.05) is 24.3 Å². The number of phenols is 3. The summed E-state index contributed by atoms with van der Waals surface area (Å²) in [4.78, 5) is 9.77. The summed E-state index contributed by atoms with van der Waals surface area (Å²) < 4.78 is 4.61. The van der Waals surface area contributed by atoms with E-state index in [0.717, 1.165) is 0 Å². The molecule has 0 bridgehead atoms. The van der Waals surface area contributed by atoms with Gasteiger partial charge in [0, 0.05) is 6.07 Å². The molecule has 0 aliphatic rings. The molecule has 5 heteroatoms. The molecule has 0 fully saturated rings. The zero-order valence-corrected chi connectivity index (χ0v) is 11.7. The molecule has 114 valence electrons. The Bertz CT molecular complexity index is 631. The van der Waals surface area contributed by atoms with E-state index in [9.17, 15) is 4.79 Å². The van der Waals surface area contributed by atoms with E-state index in [0.29, 0.717) is 17.8 Å². The van der Waals surface area contributed by atoms with Crippen LogP contribution in [-0.4, -0.2) is 21.6 Å². The van der Waals surface area contributed by atoms with Crippen molar-refractivity contribution in [3.05, 3.63) is 78.8 Å². The van der Waals surface area contributed by atoms with Gasteiger partial charge in [-0.3, -0.25) is 4.79 Å². The van der Waals surface area contributed by atoms with Crippen molar-refractivity contribution in [1.82, 2.24) is 0 Å². The molecule has 1 aromatic heterocycles. The summed E-state index contributed by atoms with van der Waals surface area (Å²) in [5.74, 6) is 0.873. The largest absolute Gasteiger partial charge is 0.508 e. The number of rotatable bonds is 1. The SMILES string of the molecule is O=Cc1ccco1.Oc1cccc(O)c1.Oc1ccccc1. The number of carbonyl (C=O) groups is 1. The van der Waals surface area contributed by atoms with Crippen LogP contribution in [0.15, 0.2) is 77.4 Å². The fraction of sp³-hybridized carbons (Fsp3) is 0. The molecule has 0 radical (unpaired) electrons. The molecule has 0 saturated carbocycles. The molecule has 1 heterocycles. The number of para-hydroxylation sites is 1. The van der Waals surface area contributed by atoms with E-state index >= 15 is 0 Å². The van der Waals surface area contributed by atoms with E-state index in [-0.39, 0.29) is 11.5 Å². The highest BCUT2D eigenvalue weighted by atomic mass is 16.3. The molecule has 3 aromatic rings. The molecular formula is C17H16O5. The second kappa shape index (κ2) is 9.66. The molecular weight excluding hydrogens is 284 g/mol. The Morgan fingerprint density at radius 3 is 1.59 bits per heavy atom. The van der Waals surface area contributed by atoms with Gasteiger partial charge in [-0.15, -0.1) is 0 Å². The molecule has 0 atom stereocenters. The molecule has 22 heavy (non-hydrogen) atoms. The Balaban J connectivity index is 0.000000166. The number of hydrogen-bond donors (Lipinski definition) is 3. The van der Waals surface area contributed by atoms with Gasteiger partial charge in [0.05, 0.1) is 6.26 Å². The third kappa shape index (κ3) is 7.40. The lowest BCUT2D eigenvalue weighted by molar-refractivity contribution is 0.110. The normalized spacial score (nSPS) is 8.73. The summed E-state index contributed by atoms with van der Waals surface area (Å²) in [7, 11) is 0. The van der Waals surface area contributed by atoms with Crippen LogP contribution in [0.25, 0.3) is 0 Å². The zero-order chi connectivity index (χ0) is 16.2. The third-order valence-corrected chi connectivity index (χ3v) is 2.25. The van der Waals surface area contributed by atoms with E-state index in [2.05, 4.69) is 4.42 Å². The lowest BCUT2D eigenvalue weighted by Gasteiger charge is -1.89. The van der Waals surface area contributed by atoms with Crippen molar-refractivity contribution in [3.63, 3.8) is 0 Å². The van der Waals surface area contributed by atoms with Gasteiger partial charge in [0.25, 0.3) is 0 Å². The summed E-state index contributed by atoms with van der Waals surface area (Å²) in [5, 5.41) is 25.9. The molecule has 0 saturated heterocycles. The molecule has 3 N–H and O–H groups in total. The van der Waals surface area contributed by atoms with Crippen molar-refractivity contribution < 1.29 is 24.5 Å². The molecule has 0 aliphatic carbocycles. The summed E-state index contributed by atoms with van der Waals surface area (Å²) in [6.07, 6.45) is 2.13. The van der Waals surface area contributed by atoms with Gasteiger partial charge in [0.2, 0.25) is 0 Å². The second-order valence-electron chi connectivity index (χ2n) is 3.99. The summed E-state index contributed by atoms with van der Waals surface area (Å²) >= 11 is 0. The summed E-state index contributed by atoms with van der Waals surface area (Å²) in [6.45, 7) is 0. The predicted octanol–water partition coefficient (Wildman–Crippen LogP) is 3.58. The predicted molar refractivity (Wildman–Crippen MR) is 82.0 cm³/mol. The number of benzene rings is 2. The van der Waals surface area contributed by atoms with E-state index in [1.807, 2.05) is 6.07 Å². The highest BCUT2D eigenvalue weighted by molar-refractivity contribution is 5.69. The van der Waals surface area contributed by atoms with Crippen LogP contribution in [0.5, 0.6) is 17.2 Å². The number of aldehydes is 1. The van der Waals surface area contributed by atoms with Crippen LogP contribution in [0.3, 0.4) is 0 Å². The monoisotopic (exact) mass is 300 g/mol. The maximum atomic E-state index is 9.77. The standard InChI is InChI=1S/C6H6O2.C6H6O.C5H4O2/c7-5-2-1-3-6(8)4-5;7-6-4-2-1-3-5-6;6-4-5-2-1-3-7-5/h1-4,7-8H;1-5,7H;1-4H. The van der Waals surface area contributed by atoms with Gasteiger partial charge < -0.3 is 19.7 Å². The maximum absolute atomic E-state index is 9.77. The lowest BCUT2D eigenvalue weighted by atomic mass is 10.3. The maximum Gasteiger partial charge on any atom is 0.185 e. The first kappa shape index (κ1) is 16.8. The fourth-order valence-corrected chi connectivity index (χ4v) is 1.28. The topological polar surface area (TPSA) is 90.9 Å². The number of furan rings is 1. The van der Waals surface area contributed by atoms with Crippen molar-refractivity contribution in [1.29, 1.82) is 0 Å². The minimum absolute atomic E-state index is 0.0880. The van der Waals surface area contributed by atoms with E-state index < -0.39 is 0 Å². The van der Waals surface area contributed by atoms with Gasteiger partial charge in [0.15, 0.2) is 12.0 Å². The Morgan fingerprint density at radius 2 is 1.32 bits per heavy atom. The van der Waals surface area contributed by atoms with Gasteiger partial charge >= 0.3 is 0 Å². The van der Waals surface area contributed by atoms with Gasteiger partial charge in [0.1, 0.15) is 17.2 Å². The Labute approximate surface area is 127 Å². The summed E-state index contributed by atoms with van der Waals surface area (Å²) in [5.41, 5.74) is 0. The van der Waals surface area contributed by atoms with Crippen LogP contribution >= 0.6 is 0 Å². The average molecular weight is 300 g/mol. The van der Waals surface area contributed by atoms with Crippen LogP contribution in [0.4, 0.5) is 0 Å². The molecule has 3 rings (SSSR count). The number of aromatic hydroxyl groups is 3. The van der Waals surface area contributed by atoms with Crippen LogP contribution in [-0.2, 0) is 0 Å². The summed E-state index contributed by atoms with van der Waals surface area (Å²) in [6, 6.07) is 17.8. The first-order chi connectivity index (χ1) is 10.6. The van der Waals surface area contributed by atoms with Crippen molar-refractivity contribution in [3.8, 4) is 17.2 Å². The number of carbonyl (C=O) groups excluding carboxylic acids is 1. The molecule has 0 unspecified atom stereocenters. The van der Waals surface area contributed by atoms with Crippen molar-refractivity contribution in [2.45, 2.75) is 0 Å². The lowest BCUT2D eigenvalue weighted by Crippen LogP contribution is -1.65. The van der Waals surface area contributed by atoms with Crippen molar-refractivity contribution in [2.75, 3.05) is 0 Å². The molecule has 0 aliphatic heterocycles. The molecule has 2 aromatic carbocycles.